The number of ether oxygens (including phenoxy) is 1. The molecule has 0 aliphatic heterocycles. The van der Waals surface area contributed by atoms with Gasteiger partial charge in [-0.25, -0.2) is 0 Å². The first-order valence-corrected chi connectivity index (χ1v) is 12.6. The molecule has 2 heteroatoms. The lowest BCUT2D eigenvalue weighted by molar-refractivity contribution is -0.149. The molecule has 168 valence electrons. The van der Waals surface area contributed by atoms with Crippen LogP contribution < -0.4 is 0 Å². The third kappa shape index (κ3) is 18.8. The zero-order chi connectivity index (χ0) is 21.0. The maximum Gasteiger partial charge on any atom is 0.308 e. The van der Waals surface area contributed by atoms with E-state index in [1.54, 1.807) is 0 Å². The summed E-state index contributed by atoms with van der Waals surface area (Å²) in [6, 6.07) is 0. The van der Waals surface area contributed by atoms with E-state index in [-0.39, 0.29) is 11.9 Å². The van der Waals surface area contributed by atoms with Gasteiger partial charge in [-0.2, -0.15) is 0 Å². The molecule has 1 atom stereocenters. The number of carbonyl (C=O) groups excluding carboxylic acids is 1. The van der Waals surface area contributed by atoms with E-state index in [0.717, 1.165) is 31.1 Å². The first-order chi connectivity index (χ1) is 13.5. The monoisotopic (exact) mass is 396 g/mol. The summed E-state index contributed by atoms with van der Waals surface area (Å²) in [5.41, 5.74) is 0. The van der Waals surface area contributed by atoms with Crippen LogP contribution in [0.1, 0.15) is 137 Å². The number of esters is 1. The van der Waals surface area contributed by atoms with Crippen LogP contribution >= 0.6 is 0 Å². The highest BCUT2D eigenvalue weighted by Crippen LogP contribution is 2.21. The molecule has 0 N–H and O–H groups in total. The first kappa shape index (κ1) is 27.5. The van der Waals surface area contributed by atoms with Crippen LogP contribution in [0.25, 0.3) is 0 Å². The van der Waals surface area contributed by atoms with Crippen molar-refractivity contribution in [3.8, 4) is 0 Å². The van der Waals surface area contributed by atoms with Gasteiger partial charge in [-0.3, -0.25) is 4.79 Å². The average molecular weight is 397 g/mol. The highest BCUT2D eigenvalue weighted by atomic mass is 16.5. The molecule has 0 bridgehead atoms. The Balaban J connectivity index is 4.03. The lowest BCUT2D eigenvalue weighted by atomic mass is 9.93. The fourth-order valence-corrected chi connectivity index (χ4v) is 3.79. The molecule has 0 saturated carbocycles. The van der Waals surface area contributed by atoms with Crippen LogP contribution in [0.3, 0.4) is 0 Å². The largest absolute Gasteiger partial charge is 0.465 e. The number of hydrogen-bond donors (Lipinski definition) is 0. The van der Waals surface area contributed by atoms with Crippen molar-refractivity contribution < 1.29 is 9.53 Å². The molecular weight excluding hydrogens is 344 g/mol. The maximum absolute atomic E-state index is 12.6. The van der Waals surface area contributed by atoms with Crippen molar-refractivity contribution in [2.45, 2.75) is 137 Å². The Morgan fingerprint density at radius 1 is 0.607 bits per heavy atom. The molecule has 0 aromatic carbocycles. The predicted octanol–water partition coefficient (Wildman–Crippen LogP) is 8.72. The second-order valence-electron chi connectivity index (χ2n) is 9.70. The molecule has 0 radical (unpaired) electrons. The van der Waals surface area contributed by atoms with E-state index in [9.17, 15) is 4.79 Å². The Hall–Kier alpha value is -0.530. The highest BCUT2D eigenvalue weighted by Gasteiger charge is 2.19. The van der Waals surface area contributed by atoms with E-state index in [0.29, 0.717) is 6.61 Å². The summed E-state index contributed by atoms with van der Waals surface area (Å²) in [6.45, 7) is 12.0. The smallest absolute Gasteiger partial charge is 0.308 e. The van der Waals surface area contributed by atoms with Crippen molar-refractivity contribution in [2.24, 2.45) is 17.8 Å². The molecule has 0 spiro atoms. The van der Waals surface area contributed by atoms with Crippen molar-refractivity contribution >= 4 is 5.97 Å². The first-order valence-electron chi connectivity index (χ1n) is 12.6. The van der Waals surface area contributed by atoms with Crippen molar-refractivity contribution in [3.05, 3.63) is 0 Å². The minimum atomic E-state index is 0.0836. The van der Waals surface area contributed by atoms with Gasteiger partial charge in [0, 0.05) is 0 Å². The van der Waals surface area contributed by atoms with E-state index >= 15 is 0 Å². The summed E-state index contributed by atoms with van der Waals surface area (Å²) in [4.78, 5) is 12.6. The minimum absolute atomic E-state index is 0.0836. The second kappa shape index (κ2) is 19.8. The van der Waals surface area contributed by atoms with Gasteiger partial charge < -0.3 is 4.74 Å². The van der Waals surface area contributed by atoms with Crippen LogP contribution in [0, 0.1) is 17.8 Å². The molecule has 0 saturated heterocycles. The Kier molecular flexibility index (Phi) is 19.4. The molecule has 1 unspecified atom stereocenters. The van der Waals surface area contributed by atoms with E-state index < -0.39 is 0 Å². The van der Waals surface area contributed by atoms with Crippen LogP contribution in [-0.2, 0) is 9.53 Å². The van der Waals surface area contributed by atoms with Crippen molar-refractivity contribution in [1.82, 2.24) is 0 Å². The third-order valence-electron chi connectivity index (χ3n) is 5.74. The fourth-order valence-electron chi connectivity index (χ4n) is 3.79. The molecule has 0 amide bonds. The van der Waals surface area contributed by atoms with Gasteiger partial charge in [-0.05, 0) is 31.1 Å². The van der Waals surface area contributed by atoms with Gasteiger partial charge in [-0.15, -0.1) is 0 Å². The molecule has 0 aromatic heterocycles. The number of rotatable bonds is 20. The fraction of sp³-hybridized carbons (Fsp3) is 0.962. The van der Waals surface area contributed by atoms with Crippen molar-refractivity contribution in [1.29, 1.82) is 0 Å². The van der Waals surface area contributed by atoms with Gasteiger partial charge >= 0.3 is 5.97 Å². The van der Waals surface area contributed by atoms with Gasteiger partial charge in [0.25, 0.3) is 0 Å². The number of carbonyl (C=O) groups is 1. The van der Waals surface area contributed by atoms with E-state index in [1.165, 1.54) is 83.5 Å². The molecule has 0 fully saturated rings. The van der Waals surface area contributed by atoms with Crippen LogP contribution in [0.15, 0.2) is 0 Å². The number of unbranched alkanes of at least 4 members (excludes halogenated alkanes) is 9. The van der Waals surface area contributed by atoms with Crippen LogP contribution in [0.5, 0.6) is 0 Å². The molecule has 0 aliphatic carbocycles. The Labute approximate surface area is 177 Å². The van der Waals surface area contributed by atoms with E-state index in [4.69, 9.17) is 4.74 Å². The third-order valence-corrected chi connectivity index (χ3v) is 5.74. The van der Waals surface area contributed by atoms with Gasteiger partial charge in [-0.1, -0.05) is 118 Å². The topological polar surface area (TPSA) is 26.3 Å². The second-order valence-corrected chi connectivity index (χ2v) is 9.70. The van der Waals surface area contributed by atoms with Gasteiger partial charge in [0.1, 0.15) is 0 Å². The van der Waals surface area contributed by atoms with Gasteiger partial charge in [0.2, 0.25) is 0 Å². The molecule has 28 heavy (non-hydrogen) atoms. The SMILES string of the molecule is CCCCCCCCC(CCCCC(C)C)C(=O)OCCCCCCC(C)C. The summed E-state index contributed by atoms with van der Waals surface area (Å²) in [5.74, 6) is 1.79. The Bertz CT molecular complexity index is 335. The summed E-state index contributed by atoms with van der Waals surface area (Å²) < 4.78 is 5.67. The quantitative estimate of drug-likeness (QED) is 0.152. The predicted molar refractivity (Wildman–Crippen MR) is 124 cm³/mol. The van der Waals surface area contributed by atoms with Crippen LogP contribution in [0.4, 0.5) is 0 Å². The minimum Gasteiger partial charge on any atom is -0.465 e. The molecular formula is C26H52O2. The zero-order valence-corrected chi connectivity index (χ0v) is 20.1. The zero-order valence-electron chi connectivity index (χ0n) is 20.1. The van der Waals surface area contributed by atoms with Crippen molar-refractivity contribution in [3.63, 3.8) is 0 Å². The van der Waals surface area contributed by atoms with Crippen LogP contribution in [-0.4, -0.2) is 12.6 Å². The highest BCUT2D eigenvalue weighted by molar-refractivity contribution is 5.72. The molecule has 0 aromatic rings. The molecule has 0 rings (SSSR count). The molecule has 2 nitrogen and oxygen atoms in total. The Morgan fingerprint density at radius 2 is 1.04 bits per heavy atom. The van der Waals surface area contributed by atoms with Crippen LogP contribution in [0.2, 0.25) is 0 Å². The average Bonchev–Trinajstić information content (AvgIpc) is 2.64. The number of hydrogen-bond acceptors (Lipinski definition) is 2. The maximum atomic E-state index is 12.6. The van der Waals surface area contributed by atoms with E-state index in [2.05, 4.69) is 34.6 Å². The summed E-state index contributed by atoms with van der Waals surface area (Å²) >= 11 is 0. The molecule has 0 heterocycles. The lowest BCUT2D eigenvalue weighted by Gasteiger charge is -2.16. The lowest BCUT2D eigenvalue weighted by Crippen LogP contribution is -2.18. The van der Waals surface area contributed by atoms with Crippen molar-refractivity contribution in [2.75, 3.05) is 6.61 Å². The summed E-state index contributed by atoms with van der Waals surface area (Å²) in [6.07, 6.45) is 19.6. The van der Waals surface area contributed by atoms with Gasteiger partial charge in [0.05, 0.1) is 12.5 Å². The standard InChI is InChI=1S/C26H52O2/c1-6-7-8-9-10-14-20-25(21-16-15-19-24(4)5)26(27)28-22-17-12-11-13-18-23(2)3/h23-25H,6-22H2,1-5H3. The Morgan fingerprint density at radius 3 is 1.61 bits per heavy atom. The summed E-state index contributed by atoms with van der Waals surface area (Å²) in [7, 11) is 0. The summed E-state index contributed by atoms with van der Waals surface area (Å²) in [5, 5.41) is 0. The van der Waals surface area contributed by atoms with E-state index in [1.807, 2.05) is 0 Å². The molecule has 0 aliphatic rings. The van der Waals surface area contributed by atoms with Gasteiger partial charge in [0.15, 0.2) is 0 Å². The normalized spacial score (nSPS) is 12.7.